The van der Waals surface area contributed by atoms with Gasteiger partial charge in [-0.3, -0.25) is 4.79 Å². The minimum absolute atomic E-state index is 0.0427. The zero-order valence-electron chi connectivity index (χ0n) is 14.1. The summed E-state index contributed by atoms with van der Waals surface area (Å²) in [5, 5.41) is 15.8. The summed E-state index contributed by atoms with van der Waals surface area (Å²) in [4.78, 5) is 28.9. The van der Waals surface area contributed by atoms with Gasteiger partial charge < -0.3 is 15.7 Å². The highest BCUT2D eigenvalue weighted by Crippen LogP contribution is 2.28. The summed E-state index contributed by atoms with van der Waals surface area (Å²) in [7, 11) is 0. The van der Waals surface area contributed by atoms with E-state index in [0.29, 0.717) is 25.7 Å². The van der Waals surface area contributed by atoms with Crippen LogP contribution in [0.15, 0.2) is 0 Å². The van der Waals surface area contributed by atoms with Crippen LogP contribution in [0.2, 0.25) is 0 Å². The van der Waals surface area contributed by atoms with E-state index in [1.54, 1.807) is 11.3 Å². The second kappa shape index (κ2) is 6.86. The van der Waals surface area contributed by atoms with Crippen LogP contribution < -0.4 is 10.6 Å². The third-order valence-electron chi connectivity index (χ3n) is 4.40. The fourth-order valence-corrected chi connectivity index (χ4v) is 3.76. The standard InChI is InChI=1S/C16H25N3O3S/c1-9-10(2)23-14(17-9)16(3,4)19-15(22)18-12-7-5-11(6-8-12)13(20)21/h11-12H,5-8H2,1-4H3,(H,20,21)(H2,18,19,22). The Balaban J connectivity index is 1.88. The van der Waals surface area contributed by atoms with Crippen molar-refractivity contribution in [2.45, 2.75) is 65.0 Å². The van der Waals surface area contributed by atoms with Crippen molar-refractivity contribution in [3.8, 4) is 0 Å². The second-order valence-corrected chi connectivity index (χ2v) is 7.97. The number of aryl methyl sites for hydroxylation is 2. The zero-order valence-corrected chi connectivity index (χ0v) is 14.9. The topological polar surface area (TPSA) is 91.3 Å². The minimum Gasteiger partial charge on any atom is -0.481 e. The monoisotopic (exact) mass is 339 g/mol. The van der Waals surface area contributed by atoms with Gasteiger partial charge in [-0.05, 0) is 53.4 Å². The van der Waals surface area contributed by atoms with E-state index in [2.05, 4.69) is 15.6 Å². The van der Waals surface area contributed by atoms with Crippen molar-refractivity contribution in [3.63, 3.8) is 0 Å². The first-order chi connectivity index (χ1) is 10.7. The average Bonchev–Trinajstić information content (AvgIpc) is 2.79. The van der Waals surface area contributed by atoms with Crippen molar-refractivity contribution in [3.05, 3.63) is 15.6 Å². The van der Waals surface area contributed by atoms with Crippen LogP contribution in [0.4, 0.5) is 4.79 Å². The lowest BCUT2D eigenvalue weighted by Gasteiger charge is -2.29. The van der Waals surface area contributed by atoms with Crippen molar-refractivity contribution in [1.82, 2.24) is 15.6 Å². The maximum Gasteiger partial charge on any atom is 0.315 e. The Bertz CT molecular complexity index is 570. The molecule has 0 bridgehead atoms. The number of carboxylic acids is 1. The Labute approximate surface area is 140 Å². The second-order valence-electron chi connectivity index (χ2n) is 6.77. The largest absolute Gasteiger partial charge is 0.481 e. The summed E-state index contributed by atoms with van der Waals surface area (Å²) < 4.78 is 0. The summed E-state index contributed by atoms with van der Waals surface area (Å²) in [6, 6.07) is -0.180. The number of urea groups is 1. The molecule has 0 unspecified atom stereocenters. The van der Waals surface area contributed by atoms with Gasteiger partial charge in [0, 0.05) is 10.9 Å². The Morgan fingerprint density at radius 2 is 1.83 bits per heavy atom. The Morgan fingerprint density at radius 3 is 2.30 bits per heavy atom. The summed E-state index contributed by atoms with van der Waals surface area (Å²) in [5.41, 5.74) is 0.457. The molecule has 7 heteroatoms. The van der Waals surface area contributed by atoms with Gasteiger partial charge in [0.2, 0.25) is 0 Å². The first-order valence-electron chi connectivity index (χ1n) is 7.95. The fourth-order valence-electron chi connectivity index (χ4n) is 2.78. The molecule has 0 saturated heterocycles. The van der Waals surface area contributed by atoms with Crippen LogP contribution in [-0.4, -0.2) is 28.1 Å². The molecular formula is C16H25N3O3S. The molecule has 128 valence electrons. The number of nitrogens with one attached hydrogen (secondary N) is 2. The molecule has 1 aromatic rings. The number of carboxylic acid groups (broad SMARTS) is 1. The molecule has 1 heterocycles. The molecule has 0 aromatic carbocycles. The van der Waals surface area contributed by atoms with Crippen molar-refractivity contribution in [2.24, 2.45) is 5.92 Å². The molecule has 1 aromatic heterocycles. The molecule has 2 rings (SSSR count). The number of nitrogens with zero attached hydrogens (tertiary/aromatic N) is 1. The third kappa shape index (κ3) is 4.43. The van der Waals surface area contributed by atoms with E-state index in [0.717, 1.165) is 15.6 Å². The number of thiazole rings is 1. The van der Waals surface area contributed by atoms with E-state index in [1.807, 2.05) is 27.7 Å². The highest BCUT2D eigenvalue weighted by Gasteiger charge is 2.30. The van der Waals surface area contributed by atoms with Crippen LogP contribution in [-0.2, 0) is 10.3 Å². The SMILES string of the molecule is Cc1nc(C(C)(C)NC(=O)NC2CCC(C(=O)O)CC2)sc1C. The first-order valence-corrected chi connectivity index (χ1v) is 8.76. The quantitative estimate of drug-likeness (QED) is 0.786. The van der Waals surface area contributed by atoms with E-state index >= 15 is 0 Å². The molecule has 2 amide bonds. The van der Waals surface area contributed by atoms with Gasteiger partial charge in [-0.25, -0.2) is 9.78 Å². The van der Waals surface area contributed by atoms with Gasteiger partial charge in [-0.1, -0.05) is 0 Å². The van der Waals surface area contributed by atoms with E-state index in [-0.39, 0.29) is 18.0 Å². The Morgan fingerprint density at radius 1 is 1.22 bits per heavy atom. The third-order valence-corrected chi connectivity index (χ3v) is 5.80. The molecule has 0 atom stereocenters. The van der Waals surface area contributed by atoms with Crippen molar-refractivity contribution < 1.29 is 14.7 Å². The van der Waals surface area contributed by atoms with Crippen LogP contribution >= 0.6 is 11.3 Å². The molecule has 1 aliphatic rings. The molecule has 1 fully saturated rings. The number of amides is 2. The van der Waals surface area contributed by atoms with E-state index in [9.17, 15) is 9.59 Å². The van der Waals surface area contributed by atoms with Crippen molar-refractivity contribution >= 4 is 23.3 Å². The fraction of sp³-hybridized carbons (Fsp3) is 0.688. The predicted molar refractivity (Wildman–Crippen MR) is 89.7 cm³/mol. The normalized spacial score (nSPS) is 21.7. The zero-order chi connectivity index (χ0) is 17.2. The van der Waals surface area contributed by atoms with Crippen LogP contribution in [0.1, 0.15) is 55.1 Å². The number of rotatable bonds is 4. The van der Waals surface area contributed by atoms with Crippen molar-refractivity contribution in [2.75, 3.05) is 0 Å². The predicted octanol–water partition coefficient (Wildman–Crippen LogP) is 2.94. The smallest absolute Gasteiger partial charge is 0.315 e. The molecule has 6 nitrogen and oxygen atoms in total. The summed E-state index contributed by atoms with van der Waals surface area (Å²) in [6.07, 6.45) is 2.66. The number of carbonyl (C=O) groups excluding carboxylic acids is 1. The average molecular weight is 339 g/mol. The molecule has 0 spiro atoms. The maximum absolute atomic E-state index is 12.2. The van der Waals surface area contributed by atoms with Crippen LogP contribution in [0, 0.1) is 19.8 Å². The lowest BCUT2D eigenvalue weighted by Crippen LogP contribution is -2.50. The van der Waals surface area contributed by atoms with Crippen LogP contribution in [0.3, 0.4) is 0 Å². The summed E-state index contributed by atoms with van der Waals surface area (Å²) in [5.74, 6) is -1.00. The highest BCUT2D eigenvalue weighted by atomic mass is 32.1. The Hall–Kier alpha value is -1.63. The minimum atomic E-state index is -0.733. The molecule has 23 heavy (non-hydrogen) atoms. The van der Waals surface area contributed by atoms with Crippen molar-refractivity contribution in [1.29, 1.82) is 0 Å². The number of aliphatic carboxylic acids is 1. The summed E-state index contributed by atoms with van der Waals surface area (Å²) >= 11 is 1.59. The Kier molecular flexibility index (Phi) is 5.29. The lowest BCUT2D eigenvalue weighted by atomic mass is 9.86. The van der Waals surface area contributed by atoms with Gasteiger partial charge in [0.05, 0.1) is 17.2 Å². The van der Waals surface area contributed by atoms with E-state index in [4.69, 9.17) is 5.11 Å². The van der Waals surface area contributed by atoms with E-state index in [1.165, 1.54) is 0 Å². The molecule has 1 aliphatic carbocycles. The van der Waals surface area contributed by atoms with Gasteiger partial charge >= 0.3 is 12.0 Å². The molecule has 0 aliphatic heterocycles. The molecular weight excluding hydrogens is 314 g/mol. The van der Waals surface area contributed by atoms with Crippen LogP contribution in [0.5, 0.6) is 0 Å². The van der Waals surface area contributed by atoms with Crippen LogP contribution in [0.25, 0.3) is 0 Å². The van der Waals surface area contributed by atoms with E-state index < -0.39 is 11.5 Å². The van der Waals surface area contributed by atoms with Gasteiger partial charge in [-0.15, -0.1) is 11.3 Å². The lowest BCUT2D eigenvalue weighted by molar-refractivity contribution is -0.142. The van der Waals surface area contributed by atoms with Gasteiger partial charge in [0.1, 0.15) is 5.01 Å². The van der Waals surface area contributed by atoms with Gasteiger partial charge in [-0.2, -0.15) is 0 Å². The molecule has 0 radical (unpaired) electrons. The number of aromatic nitrogens is 1. The molecule has 3 N–H and O–H groups in total. The highest BCUT2D eigenvalue weighted by molar-refractivity contribution is 7.11. The van der Waals surface area contributed by atoms with Gasteiger partial charge in [0.25, 0.3) is 0 Å². The summed E-state index contributed by atoms with van der Waals surface area (Å²) in [6.45, 7) is 7.86. The maximum atomic E-state index is 12.2. The number of hydrogen-bond acceptors (Lipinski definition) is 4. The molecule has 1 saturated carbocycles. The number of carbonyl (C=O) groups is 2. The number of hydrogen-bond donors (Lipinski definition) is 3. The first kappa shape index (κ1) is 17.7. The van der Waals surface area contributed by atoms with Gasteiger partial charge in [0.15, 0.2) is 0 Å².